The number of carboxylic acids is 1. The number of ether oxygens (including phenoxy) is 2. The number of aliphatic carboxylic acids is 1. The predicted octanol–water partition coefficient (Wildman–Crippen LogP) is 5.52. The van der Waals surface area contributed by atoms with Crippen LogP contribution in [0.5, 0.6) is 0 Å². The third-order valence-corrected chi connectivity index (χ3v) is 6.18. The molecule has 3 aromatic rings. The first-order chi connectivity index (χ1) is 17.6. The minimum atomic E-state index is -1.12. The van der Waals surface area contributed by atoms with Crippen LogP contribution >= 0.6 is 0 Å². The fourth-order valence-electron chi connectivity index (χ4n) is 4.49. The second-order valence-corrected chi connectivity index (χ2v) is 10.1. The molecule has 0 spiro atoms. The Morgan fingerprint density at radius 1 is 0.865 bits per heavy atom. The highest BCUT2D eigenvalue weighted by atomic mass is 16.6. The molecule has 1 N–H and O–H groups in total. The lowest BCUT2D eigenvalue weighted by Gasteiger charge is -2.22. The Bertz CT molecular complexity index is 1250. The number of fused-ring (bicyclic) bond motifs is 3. The molecule has 7 nitrogen and oxygen atoms in total. The van der Waals surface area contributed by atoms with Crippen LogP contribution in [0, 0.1) is 0 Å². The highest BCUT2D eigenvalue weighted by molar-refractivity contribution is 5.89. The summed E-state index contributed by atoms with van der Waals surface area (Å²) in [4.78, 5) is 37.8. The molecule has 0 bridgehead atoms. The summed E-state index contributed by atoms with van der Waals surface area (Å²) in [7, 11) is 0. The Morgan fingerprint density at radius 3 is 1.97 bits per heavy atom. The third kappa shape index (κ3) is 6.36. The van der Waals surface area contributed by atoms with Crippen molar-refractivity contribution in [2.45, 2.75) is 38.7 Å². The van der Waals surface area contributed by atoms with E-state index in [1.807, 2.05) is 36.4 Å². The molecule has 0 saturated carbocycles. The largest absolute Gasteiger partial charge is 0.480 e. The van der Waals surface area contributed by atoms with Crippen molar-refractivity contribution in [1.29, 1.82) is 0 Å². The first-order valence-corrected chi connectivity index (χ1v) is 12.3. The second-order valence-electron chi connectivity index (χ2n) is 10.1. The van der Waals surface area contributed by atoms with Crippen molar-refractivity contribution >= 4 is 18.0 Å². The van der Waals surface area contributed by atoms with E-state index in [4.69, 9.17) is 9.47 Å². The molecule has 7 heteroatoms. The van der Waals surface area contributed by atoms with Gasteiger partial charge in [0.05, 0.1) is 5.56 Å². The van der Waals surface area contributed by atoms with Crippen LogP contribution in [0.15, 0.2) is 72.8 Å². The van der Waals surface area contributed by atoms with Gasteiger partial charge in [0.15, 0.2) is 0 Å². The number of amides is 1. The van der Waals surface area contributed by atoms with Gasteiger partial charge < -0.3 is 14.6 Å². The van der Waals surface area contributed by atoms with Crippen LogP contribution in [-0.2, 0) is 20.7 Å². The fourth-order valence-corrected chi connectivity index (χ4v) is 4.49. The molecule has 0 atom stereocenters. The van der Waals surface area contributed by atoms with E-state index in [-0.39, 0.29) is 19.1 Å². The van der Waals surface area contributed by atoms with Gasteiger partial charge in [0, 0.05) is 12.5 Å². The van der Waals surface area contributed by atoms with Crippen molar-refractivity contribution in [3.63, 3.8) is 0 Å². The molecule has 0 aromatic heterocycles. The standard InChI is InChI=1S/C30H31NO6/c1-30(2,3)37-28(34)21-14-12-20(13-15-21)16-17-31(18-27(32)33)29(35)36-19-26-24-10-6-4-8-22(24)23-9-5-7-11-25(23)26/h4-15,26H,16-19H2,1-3H3,(H,32,33). The molecule has 0 radical (unpaired) electrons. The lowest BCUT2D eigenvalue weighted by Crippen LogP contribution is -2.38. The highest BCUT2D eigenvalue weighted by Gasteiger charge is 2.30. The Labute approximate surface area is 216 Å². The number of carbonyl (C=O) groups excluding carboxylic acids is 2. The second kappa shape index (κ2) is 10.9. The van der Waals surface area contributed by atoms with Gasteiger partial charge in [0.2, 0.25) is 0 Å². The van der Waals surface area contributed by atoms with Gasteiger partial charge in [-0.3, -0.25) is 9.69 Å². The Morgan fingerprint density at radius 2 is 1.43 bits per heavy atom. The summed E-state index contributed by atoms with van der Waals surface area (Å²) in [5, 5.41) is 9.36. The van der Waals surface area contributed by atoms with Crippen LogP contribution in [0.2, 0.25) is 0 Å². The van der Waals surface area contributed by atoms with Gasteiger partial charge in [-0.05, 0) is 67.1 Å². The van der Waals surface area contributed by atoms with Gasteiger partial charge in [-0.15, -0.1) is 0 Å². The lowest BCUT2D eigenvalue weighted by molar-refractivity contribution is -0.138. The molecule has 0 saturated heterocycles. The van der Waals surface area contributed by atoms with Crippen molar-refractivity contribution < 1.29 is 29.0 Å². The summed E-state index contributed by atoms with van der Waals surface area (Å²) in [5.41, 5.74) is 5.12. The van der Waals surface area contributed by atoms with Gasteiger partial charge in [-0.2, -0.15) is 0 Å². The summed E-state index contributed by atoms with van der Waals surface area (Å²) < 4.78 is 11.0. The number of rotatable bonds is 8. The zero-order chi connectivity index (χ0) is 26.6. The number of carbonyl (C=O) groups is 3. The summed E-state index contributed by atoms with van der Waals surface area (Å²) in [6.07, 6.45) is -0.263. The van der Waals surface area contributed by atoms with Crippen LogP contribution in [-0.4, -0.2) is 53.3 Å². The van der Waals surface area contributed by atoms with Gasteiger partial charge in [-0.1, -0.05) is 60.7 Å². The van der Waals surface area contributed by atoms with Gasteiger partial charge in [0.25, 0.3) is 0 Å². The first kappa shape index (κ1) is 25.9. The van der Waals surface area contributed by atoms with Crippen molar-refractivity contribution in [2.75, 3.05) is 19.7 Å². The molecule has 1 amide bonds. The average Bonchev–Trinajstić information content (AvgIpc) is 3.18. The molecule has 37 heavy (non-hydrogen) atoms. The molecule has 0 unspecified atom stereocenters. The van der Waals surface area contributed by atoms with E-state index in [9.17, 15) is 19.5 Å². The number of benzene rings is 3. The van der Waals surface area contributed by atoms with E-state index in [2.05, 4.69) is 12.1 Å². The zero-order valence-corrected chi connectivity index (χ0v) is 21.3. The minimum Gasteiger partial charge on any atom is -0.480 e. The van der Waals surface area contributed by atoms with Crippen molar-refractivity contribution in [3.8, 4) is 11.1 Å². The van der Waals surface area contributed by atoms with E-state index >= 15 is 0 Å². The summed E-state index contributed by atoms with van der Waals surface area (Å²) >= 11 is 0. The van der Waals surface area contributed by atoms with Crippen LogP contribution in [0.25, 0.3) is 11.1 Å². The monoisotopic (exact) mass is 501 g/mol. The van der Waals surface area contributed by atoms with Crippen molar-refractivity contribution in [1.82, 2.24) is 4.90 Å². The van der Waals surface area contributed by atoms with Gasteiger partial charge in [0.1, 0.15) is 18.8 Å². The topological polar surface area (TPSA) is 93.1 Å². The minimum absolute atomic E-state index is 0.108. The Kier molecular flexibility index (Phi) is 7.62. The Hall–Kier alpha value is -4.13. The number of carboxylic acid groups (broad SMARTS) is 1. The summed E-state index contributed by atoms with van der Waals surface area (Å²) in [6.45, 7) is 5.23. The van der Waals surface area contributed by atoms with Crippen LogP contribution < -0.4 is 0 Å². The van der Waals surface area contributed by atoms with Crippen LogP contribution in [0.3, 0.4) is 0 Å². The molecule has 3 aromatic carbocycles. The number of nitrogens with zero attached hydrogens (tertiary/aromatic N) is 1. The maximum absolute atomic E-state index is 12.9. The molecule has 0 aliphatic heterocycles. The quantitative estimate of drug-likeness (QED) is 0.409. The van der Waals surface area contributed by atoms with E-state index in [1.165, 1.54) is 4.90 Å². The molecule has 192 valence electrons. The van der Waals surface area contributed by atoms with Gasteiger partial charge in [-0.25, -0.2) is 9.59 Å². The Balaban J connectivity index is 1.39. The molecule has 1 aliphatic rings. The number of hydrogen-bond acceptors (Lipinski definition) is 5. The van der Waals surface area contributed by atoms with Gasteiger partial charge >= 0.3 is 18.0 Å². The molecule has 4 rings (SSSR count). The van der Waals surface area contributed by atoms with Crippen molar-refractivity contribution in [3.05, 3.63) is 95.1 Å². The van der Waals surface area contributed by atoms with E-state index in [0.717, 1.165) is 27.8 Å². The molecule has 1 aliphatic carbocycles. The zero-order valence-electron chi connectivity index (χ0n) is 21.3. The average molecular weight is 502 g/mol. The van der Waals surface area contributed by atoms with Crippen molar-refractivity contribution in [2.24, 2.45) is 0 Å². The number of esters is 1. The van der Waals surface area contributed by atoms with Crippen LogP contribution in [0.1, 0.15) is 53.7 Å². The third-order valence-electron chi connectivity index (χ3n) is 6.18. The lowest BCUT2D eigenvalue weighted by atomic mass is 9.98. The summed E-state index contributed by atoms with van der Waals surface area (Å²) in [6, 6.07) is 22.9. The molecule has 0 fully saturated rings. The van der Waals surface area contributed by atoms with Crippen LogP contribution in [0.4, 0.5) is 4.79 Å². The SMILES string of the molecule is CC(C)(C)OC(=O)c1ccc(CCN(CC(=O)O)C(=O)OCC2c3ccccc3-c3ccccc32)cc1. The van der Waals surface area contributed by atoms with E-state index in [1.54, 1.807) is 45.0 Å². The van der Waals surface area contributed by atoms with E-state index < -0.39 is 30.2 Å². The number of hydrogen-bond donors (Lipinski definition) is 1. The molecule has 0 heterocycles. The first-order valence-electron chi connectivity index (χ1n) is 12.3. The predicted molar refractivity (Wildman–Crippen MR) is 140 cm³/mol. The smallest absolute Gasteiger partial charge is 0.410 e. The highest BCUT2D eigenvalue weighted by Crippen LogP contribution is 2.44. The maximum Gasteiger partial charge on any atom is 0.410 e. The molecular formula is C30H31NO6. The fraction of sp³-hybridized carbons (Fsp3) is 0.300. The van der Waals surface area contributed by atoms with E-state index in [0.29, 0.717) is 12.0 Å². The summed E-state index contributed by atoms with van der Waals surface area (Å²) in [5.74, 6) is -1.64. The molecular weight excluding hydrogens is 470 g/mol. The maximum atomic E-state index is 12.9. The normalized spacial score (nSPS) is 12.4.